The van der Waals surface area contributed by atoms with Crippen molar-refractivity contribution < 1.29 is 9.90 Å². The summed E-state index contributed by atoms with van der Waals surface area (Å²) in [4.78, 5) is 14.4. The van der Waals surface area contributed by atoms with Gasteiger partial charge in [0.25, 0.3) is 0 Å². The Hall–Kier alpha value is -1.51. The molecule has 0 spiro atoms. The minimum absolute atomic E-state index is 0.0425. The predicted molar refractivity (Wildman–Crippen MR) is 75.8 cm³/mol. The van der Waals surface area contributed by atoms with Crippen LogP contribution in [0.1, 0.15) is 44.7 Å². The molecule has 3 nitrogen and oxygen atoms in total. The van der Waals surface area contributed by atoms with Crippen molar-refractivity contribution in [2.75, 3.05) is 7.05 Å². The van der Waals surface area contributed by atoms with E-state index < -0.39 is 0 Å². The van der Waals surface area contributed by atoms with Crippen molar-refractivity contribution in [1.82, 2.24) is 4.90 Å². The molecule has 0 aliphatic heterocycles. The summed E-state index contributed by atoms with van der Waals surface area (Å²) >= 11 is 0. The first-order valence-electron chi connectivity index (χ1n) is 7.06. The molecule has 3 atom stereocenters. The van der Waals surface area contributed by atoms with E-state index in [-0.39, 0.29) is 23.6 Å². The van der Waals surface area contributed by atoms with Gasteiger partial charge < -0.3 is 10.0 Å². The van der Waals surface area contributed by atoms with E-state index in [4.69, 9.17) is 0 Å². The monoisotopic (exact) mass is 261 g/mol. The Balaban J connectivity index is 2.08. The average molecular weight is 261 g/mol. The first-order chi connectivity index (χ1) is 9.00. The van der Waals surface area contributed by atoms with Crippen molar-refractivity contribution in [3.63, 3.8) is 0 Å². The lowest BCUT2D eigenvalue weighted by Crippen LogP contribution is -2.35. The molecule has 3 heteroatoms. The van der Waals surface area contributed by atoms with Crippen molar-refractivity contribution in [2.24, 2.45) is 11.8 Å². The second-order valence-electron chi connectivity index (χ2n) is 5.73. The zero-order valence-corrected chi connectivity index (χ0v) is 12.0. The number of phenolic OH excluding ortho intramolecular Hbond substituents is 1. The highest BCUT2D eigenvalue weighted by Gasteiger charge is 2.33. The van der Waals surface area contributed by atoms with Gasteiger partial charge in [0.2, 0.25) is 5.91 Å². The summed E-state index contributed by atoms with van der Waals surface area (Å²) in [6, 6.07) is 7.13. The summed E-state index contributed by atoms with van der Waals surface area (Å²) in [6.45, 7) is 4.21. The lowest BCUT2D eigenvalue weighted by Gasteiger charge is -2.29. The van der Waals surface area contributed by atoms with E-state index in [1.54, 1.807) is 12.1 Å². The van der Waals surface area contributed by atoms with Crippen molar-refractivity contribution in [1.29, 1.82) is 0 Å². The van der Waals surface area contributed by atoms with Gasteiger partial charge in [-0.05, 0) is 43.4 Å². The van der Waals surface area contributed by atoms with E-state index in [0.717, 1.165) is 18.4 Å². The van der Waals surface area contributed by atoms with E-state index in [9.17, 15) is 9.90 Å². The van der Waals surface area contributed by atoms with Gasteiger partial charge in [0, 0.05) is 13.0 Å². The Kier molecular flexibility index (Phi) is 4.13. The van der Waals surface area contributed by atoms with Crippen LogP contribution in [-0.4, -0.2) is 23.0 Å². The van der Waals surface area contributed by atoms with Gasteiger partial charge in [-0.15, -0.1) is 0 Å². The van der Waals surface area contributed by atoms with Crippen LogP contribution in [0, 0.1) is 11.8 Å². The quantitative estimate of drug-likeness (QED) is 0.906. The molecule has 0 aromatic heterocycles. The van der Waals surface area contributed by atoms with E-state index in [2.05, 4.69) is 6.92 Å². The molecule has 0 saturated heterocycles. The van der Waals surface area contributed by atoms with Gasteiger partial charge in [-0.2, -0.15) is 0 Å². The molecule has 1 amide bonds. The van der Waals surface area contributed by atoms with Crippen LogP contribution in [0.2, 0.25) is 0 Å². The molecule has 1 aromatic carbocycles. The Bertz CT molecular complexity index is 441. The molecule has 1 aromatic rings. The maximum Gasteiger partial charge on any atom is 0.226 e. The van der Waals surface area contributed by atoms with E-state index >= 15 is 0 Å². The Morgan fingerprint density at radius 2 is 1.95 bits per heavy atom. The SMILES string of the molecule is CC1CCCC1C(=O)N(C)C(C)c1ccc(O)cc1. The lowest BCUT2D eigenvalue weighted by atomic mass is 9.95. The van der Waals surface area contributed by atoms with Crippen LogP contribution in [0.25, 0.3) is 0 Å². The number of phenols is 1. The summed E-state index contributed by atoms with van der Waals surface area (Å²) in [5.41, 5.74) is 1.05. The van der Waals surface area contributed by atoms with Crippen LogP contribution < -0.4 is 0 Å². The number of nitrogens with zero attached hydrogens (tertiary/aromatic N) is 1. The number of hydrogen-bond acceptors (Lipinski definition) is 2. The molecule has 0 heterocycles. The van der Waals surface area contributed by atoms with E-state index in [0.29, 0.717) is 5.92 Å². The van der Waals surface area contributed by atoms with Gasteiger partial charge in [0.15, 0.2) is 0 Å². The smallest absolute Gasteiger partial charge is 0.226 e. The minimum atomic E-state index is 0.0425. The molecule has 1 fully saturated rings. The molecule has 19 heavy (non-hydrogen) atoms. The predicted octanol–water partition coefficient (Wildman–Crippen LogP) is 3.35. The second-order valence-corrected chi connectivity index (χ2v) is 5.73. The minimum Gasteiger partial charge on any atom is -0.508 e. The standard InChI is InChI=1S/C16H23NO2/c1-11-5-4-6-15(11)16(19)17(3)12(2)13-7-9-14(18)10-8-13/h7-12,15,18H,4-6H2,1-3H3. The molecule has 1 aliphatic rings. The molecule has 104 valence electrons. The van der Waals surface area contributed by atoms with Gasteiger partial charge in [-0.3, -0.25) is 4.79 Å². The molecule has 3 unspecified atom stereocenters. The van der Waals surface area contributed by atoms with Gasteiger partial charge in [-0.25, -0.2) is 0 Å². The Morgan fingerprint density at radius 3 is 2.47 bits per heavy atom. The van der Waals surface area contributed by atoms with Crippen LogP contribution in [0.15, 0.2) is 24.3 Å². The number of aromatic hydroxyl groups is 1. The lowest BCUT2D eigenvalue weighted by molar-refractivity contribution is -0.137. The fraction of sp³-hybridized carbons (Fsp3) is 0.562. The zero-order chi connectivity index (χ0) is 14.0. The summed E-state index contributed by atoms with van der Waals surface area (Å²) in [5.74, 6) is 1.20. The Labute approximate surface area is 115 Å². The summed E-state index contributed by atoms with van der Waals surface area (Å²) in [5, 5.41) is 9.31. The van der Waals surface area contributed by atoms with Crippen molar-refractivity contribution >= 4 is 5.91 Å². The summed E-state index contributed by atoms with van der Waals surface area (Å²) < 4.78 is 0. The van der Waals surface area contributed by atoms with Gasteiger partial charge >= 0.3 is 0 Å². The molecule has 1 N–H and O–H groups in total. The van der Waals surface area contributed by atoms with Gasteiger partial charge in [0.1, 0.15) is 5.75 Å². The van der Waals surface area contributed by atoms with Crippen LogP contribution in [0.3, 0.4) is 0 Å². The number of rotatable bonds is 3. The number of amides is 1. The Morgan fingerprint density at radius 1 is 1.32 bits per heavy atom. The maximum absolute atomic E-state index is 12.5. The highest BCUT2D eigenvalue weighted by molar-refractivity contribution is 5.79. The highest BCUT2D eigenvalue weighted by Crippen LogP contribution is 2.34. The highest BCUT2D eigenvalue weighted by atomic mass is 16.3. The fourth-order valence-electron chi connectivity index (χ4n) is 2.94. The van der Waals surface area contributed by atoms with Gasteiger partial charge in [0.05, 0.1) is 6.04 Å². The van der Waals surface area contributed by atoms with Crippen LogP contribution in [-0.2, 0) is 4.79 Å². The van der Waals surface area contributed by atoms with Gasteiger partial charge in [-0.1, -0.05) is 25.5 Å². The van der Waals surface area contributed by atoms with Crippen LogP contribution >= 0.6 is 0 Å². The van der Waals surface area contributed by atoms with Crippen molar-refractivity contribution in [2.45, 2.75) is 39.2 Å². The number of carbonyl (C=O) groups excluding carboxylic acids is 1. The van der Waals surface area contributed by atoms with E-state index in [1.807, 2.05) is 31.0 Å². The van der Waals surface area contributed by atoms with Crippen molar-refractivity contribution in [3.05, 3.63) is 29.8 Å². The first kappa shape index (κ1) is 13.9. The molecule has 0 bridgehead atoms. The first-order valence-corrected chi connectivity index (χ1v) is 7.06. The maximum atomic E-state index is 12.5. The molecular formula is C16H23NO2. The summed E-state index contributed by atoms with van der Waals surface area (Å²) in [6.07, 6.45) is 3.35. The third kappa shape index (κ3) is 2.91. The molecular weight excluding hydrogens is 238 g/mol. The van der Waals surface area contributed by atoms with E-state index in [1.165, 1.54) is 6.42 Å². The molecule has 1 aliphatic carbocycles. The number of hydrogen-bond donors (Lipinski definition) is 1. The topological polar surface area (TPSA) is 40.5 Å². The third-order valence-electron chi connectivity index (χ3n) is 4.48. The number of benzene rings is 1. The zero-order valence-electron chi connectivity index (χ0n) is 12.0. The molecule has 2 rings (SSSR count). The number of carbonyl (C=O) groups is 1. The van der Waals surface area contributed by atoms with Crippen molar-refractivity contribution in [3.8, 4) is 5.75 Å². The third-order valence-corrected chi connectivity index (χ3v) is 4.48. The second kappa shape index (κ2) is 5.64. The summed E-state index contributed by atoms with van der Waals surface area (Å²) in [7, 11) is 1.88. The molecule has 0 radical (unpaired) electrons. The normalized spacial score (nSPS) is 24.2. The largest absolute Gasteiger partial charge is 0.508 e. The average Bonchev–Trinajstić information content (AvgIpc) is 2.83. The van der Waals surface area contributed by atoms with Crippen LogP contribution in [0.4, 0.5) is 0 Å². The van der Waals surface area contributed by atoms with Crippen LogP contribution in [0.5, 0.6) is 5.75 Å². The molecule has 1 saturated carbocycles. The fourth-order valence-corrected chi connectivity index (χ4v) is 2.94.